The molecule has 0 bridgehead atoms. The van der Waals surface area contributed by atoms with E-state index in [2.05, 4.69) is 11.9 Å². The molecule has 0 aliphatic carbocycles. The fourth-order valence-corrected chi connectivity index (χ4v) is 2.72. The van der Waals surface area contributed by atoms with Gasteiger partial charge in [0.25, 0.3) is 0 Å². The summed E-state index contributed by atoms with van der Waals surface area (Å²) in [4.78, 5) is 0. The minimum absolute atomic E-state index is 0.380. The summed E-state index contributed by atoms with van der Waals surface area (Å²) in [5.41, 5.74) is 2.82. The van der Waals surface area contributed by atoms with Gasteiger partial charge in [-0.25, -0.2) is 0 Å². The average Bonchev–Trinajstić information content (AvgIpc) is 2.47. The van der Waals surface area contributed by atoms with Gasteiger partial charge in [-0.15, -0.1) is 0 Å². The van der Waals surface area contributed by atoms with Crippen LogP contribution in [0.4, 0.5) is 5.69 Å². The van der Waals surface area contributed by atoms with Crippen LogP contribution in [0.5, 0.6) is 5.75 Å². The van der Waals surface area contributed by atoms with E-state index in [-0.39, 0.29) is 0 Å². The molecule has 5 heteroatoms. The number of anilines is 1. The van der Waals surface area contributed by atoms with Crippen LogP contribution in [0, 0.1) is 6.92 Å². The van der Waals surface area contributed by atoms with Gasteiger partial charge in [0.1, 0.15) is 12.4 Å². The zero-order valence-corrected chi connectivity index (χ0v) is 14.4. The van der Waals surface area contributed by atoms with Crippen molar-refractivity contribution in [3.05, 3.63) is 69.2 Å². The minimum Gasteiger partial charge on any atom is -0.488 e. The molecule has 2 aromatic carbocycles. The van der Waals surface area contributed by atoms with Gasteiger partial charge in [-0.2, -0.15) is 0 Å². The van der Waals surface area contributed by atoms with Crippen molar-refractivity contribution < 1.29 is 4.74 Å². The van der Waals surface area contributed by atoms with Gasteiger partial charge in [0.15, 0.2) is 0 Å². The summed E-state index contributed by atoms with van der Waals surface area (Å²) in [5.74, 6) is 0.608. The molecular formula is C17H16Cl3NO. The molecule has 0 atom stereocenters. The maximum atomic E-state index is 6.21. The Labute approximate surface area is 145 Å². The standard InChI is InChI=1S/C17H16Cl3NO/c1-3-6-22-17-12(7-13(18)8-16(17)20)10-21-14-5-4-11(2)15(19)9-14/h3-5,7-9,21H,1,6,10H2,2H3. The van der Waals surface area contributed by atoms with E-state index in [1.165, 1.54) is 0 Å². The quantitative estimate of drug-likeness (QED) is 0.628. The molecule has 0 unspecified atom stereocenters. The molecule has 2 aromatic rings. The molecule has 0 aromatic heterocycles. The van der Waals surface area contributed by atoms with Gasteiger partial charge in [0.2, 0.25) is 0 Å². The molecule has 0 fully saturated rings. The lowest BCUT2D eigenvalue weighted by atomic mass is 10.1. The molecule has 0 aliphatic rings. The second-order valence-corrected chi connectivity index (χ2v) is 6.04. The van der Waals surface area contributed by atoms with Gasteiger partial charge in [-0.05, 0) is 36.8 Å². The van der Waals surface area contributed by atoms with Crippen LogP contribution in [0.15, 0.2) is 43.0 Å². The topological polar surface area (TPSA) is 21.3 Å². The Hall–Kier alpha value is -1.35. The molecule has 0 spiro atoms. The molecule has 2 nitrogen and oxygen atoms in total. The summed E-state index contributed by atoms with van der Waals surface area (Å²) >= 11 is 18.4. The largest absolute Gasteiger partial charge is 0.488 e. The maximum absolute atomic E-state index is 6.21. The summed E-state index contributed by atoms with van der Waals surface area (Å²) < 4.78 is 5.63. The fourth-order valence-electron chi connectivity index (χ4n) is 1.95. The van der Waals surface area contributed by atoms with Crippen molar-refractivity contribution in [1.82, 2.24) is 0 Å². The lowest BCUT2D eigenvalue weighted by Gasteiger charge is -2.14. The predicted molar refractivity (Wildman–Crippen MR) is 95.7 cm³/mol. The van der Waals surface area contributed by atoms with Crippen LogP contribution in [0.25, 0.3) is 0 Å². The van der Waals surface area contributed by atoms with E-state index in [9.17, 15) is 0 Å². The molecule has 0 saturated heterocycles. The molecule has 0 radical (unpaired) electrons. The van der Waals surface area contributed by atoms with Crippen molar-refractivity contribution in [1.29, 1.82) is 0 Å². The molecule has 2 rings (SSSR count). The molecular weight excluding hydrogens is 341 g/mol. The average molecular weight is 357 g/mol. The highest BCUT2D eigenvalue weighted by atomic mass is 35.5. The monoisotopic (exact) mass is 355 g/mol. The van der Waals surface area contributed by atoms with E-state index < -0.39 is 0 Å². The Kier molecular flexibility index (Phi) is 6.01. The molecule has 0 saturated carbocycles. The van der Waals surface area contributed by atoms with Crippen LogP contribution < -0.4 is 10.1 Å². The number of ether oxygens (including phenoxy) is 1. The lowest BCUT2D eigenvalue weighted by molar-refractivity contribution is 0.360. The van der Waals surface area contributed by atoms with Crippen LogP contribution in [0.2, 0.25) is 15.1 Å². The van der Waals surface area contributed by atoms with Crippen molar-refractivity contribution in [3.8, 4) is 5.75 Å². The molecule has 0 amide bonds. The summed E-state index contributed by atoms with van der Waals surface area (Å²) in [6, 6.07) is 9.30. The van der Waals surface area contributed by atoms with E-state index in [0.29, 0.717) is 28.9 Å². The Morgan fingerprint density at radius 3 is 2.59 bits per heavy atom. The second-order valence-electron chi connectivity index (χ2n) is 4.79. The van der Waals surface area contributed by atoms with Gasteiger partial charge in [0, 0.05) is 27.8 Å². The number of hydrogen-bond acceptors (Lipinski definition) is 2. The highest BCUT2D eigenvalue weighted by Gasteiger charge is 2.11. The molecule has 1 N–H and O–H groups in total. The van der Waals surface area contributed by atoms with Gasteiger partial charge in [-0.3, -0.25) is 0 Å². The Bertz CT molecular complexity index is 686. The van der Waals surface area contributed by atoms with Crippen LogP contribution >= 0.6 is 34.8 Å². The zero-order chi connectivity index (χ0) is 16.1. The third-order valence-electron chi connectivity index (χ3n) is 3.09. The van der Waals surface area contributed by atoms with Gasteiger partial charge < -0.3 is 10.1 Å². The summed E-state index contributed by atoms with van der Waals surface area (Å²) in [6.07, 6.45) is 1.67. The first-order chi connectivity index (χ1) is 10.5. The summed E-state index contributed by atoms with van der Waals surface area (Å²) in [7, 11) is 0. The second kappa shape index (κ2) is 7.77. The van der Waals surface area contributed by atoms with Crippen LogP contribution in [0.1, 0.15) is 11.1 Å². The van der Waals surface area contributed by atoms with E-state index in [4.69, 9.17) is 39.5 Å². The van der Waals surface area contributed by atoms with Crippen molar-refractivity contribution in [2.45, 2.75) is 13.5 Å². The highest BCUT2D eigenvalue weighted by molar-refractivity contribution is 6.35. The van der Waals surface area contributed by atoms with Crippen molar-refractivity contribution in [3.63, 3.8) is 0 Å². The third kappa shape index (κ3) is 4.33. The summed E-state index contributed by atoms with van der Waals surface area (Å²) in [6.45, 7) is 6.50. The fraction of sp³-hybridized carbons (Fsp3) is 0.176. The smallest absolute Gasteiger partial charge is 0.143 e. The highest BCUT2D eigenvalue weighted by Crippen LogP contribution is 2.33. The lowest BCUT2D eigenvalue weighted by Crippen LogP contribution is -2.04. The Morgan fingerprint density at radius 2 is 1.91 bits per heavy atom. The van der Waals surface area contributed by atoms with E-state index in [1.54, 1.807) is 12.1 Å². The first-order valence-corrected chi connectivity index (χ1v) is 7.86. The number of hydrogen-bond donors (Lipinski definition) is 1. The molecule has 22 heavy (non-hydrogen) atoms. The van der Waals surface area contributed by atoms with Gasteiger partial charge in [-0.1, -0.05) is 53.5 Å². The SMILES string of the molecule is C=CCOc1c(Cl)cc(Cl)cc1CNc1ccc(C)c(Cl)c1. The minimum atomic E-state index is 0.380. The van der Waals surface area contributed by atoms with Crippen molar-refractivity contribution in [2.24, 2.45) is 0 Å². The number of aryl methyl sites for hydroxylation is 1. The summed E-state index contributed by atoms with van der Waals surface area (Å²) in [5, 5.41) is 5.06. The Balaban J connectivity index is 2.20. The maximum Gasteiger partial charge on any atom is 0.143 e. The van der Waals surface area contributed by atoms with Crippen molar-refractivity contribution in [2.75, 3.05) is 11.9 Å². The van der Waals surface area contributed by atoms with Gasteiger partial charge >= 0.3 is 0 Å². The normalized spacial score (nSPS) is 10.4. The molecule has 0 aliphatic heterocycles. The predicted octanol–water partition coefficient (Wildman–Crippen LogP) is 6.13. The molecule has 0 heterocycles. The molecule has 116 valence electrons. The number of benzene rings is 2. The third-order valence-corrected chi connectivity index (χ3v) is 3.99. The van der Waals surface area contributed by atoms with Crippen LogP contribution in [0.3, 0.4) is 0 Å². The first-order valence-electron chi connectivity index (χ1n) is 6.73. The first kappa shape index (κ1) is 17.0. The van der Waals surface area contributed by atoms with Crippen LogP contribution in [-0.2, 0) is 6.54 Å². The zero-order valence-electron chi connectivity index (χ0n) is 12.1. The van der Waals surface area contributed by atoms with Crippen molar-refractivity contribution >= 4 is 40.5 Å². The number of nitrogens with one attached hydrogen (secondary N) is 1. The van der Waals surface area contributed by atoms with E-state index in [0.717, 1.165) is 21.8 Å². The van der Waals surface area contributed by atoms with E-state index >= 15 is 0 Å². The number of rotatable bonds is 6. The Morgan fingerprint density at radius 1 is 1.14 bits per heavy atom. The van der Waals surface area contributed by atoms with Crippen LogP contribution in [-0.4, -0.2) is 6.61 Å². The van der Waals surface area contributed by atoms with Gasteiger partial charge in [0.05, 0.1) is 5.02 Å². The number of halogens is 3. The van der Waals surface area contributed by atoms with E-state index in [1.807, 2.05) is 31.2 Å².